The van der Waals surface area contributed by atoms with Gasteiger partial charge < -0.3 is 0 Å². The molecule has 170 valence electrons. The molecule has 8 heteroatoms. The summed E-state index contributed by atoms with van der Waals surface area (Å²) in [5.74, 6) is 1.48. The minimum absolute atomic E-state index is 0.0341. The highest BCUT2D eigenvalue weighted by Gasteiger charge is 2.27. The van der Waals surface area contributed by atoms with Crippen LogP contribution in [0.5, 0.6) is 0 Å². The number of thioether (sulfide) groups is 6. The Balaban J connectivity index is 1.56. The molecule has 0 aromatic heterocycles. The Labute approximate surface area is 216 Å². The number of carbonyl (C=O) groups excluding carboxylic acids is 2. The fraction of sp³-hybridized carbons (Fsp3) is 0.333. The van der Waals surface area contributed by atoms with E-state index < -0.39 is 0 Å². The lowest BCUT2D eigenvalue weighted by Gasteiger charge is -2.16. The van der Waals surface area contributed by atoms with Crippen molar-refractivity contribution >= 4 is 80.8 Å². The summed E-state index contributed by atoms with van der Waals surface area (Å²) in [6, 6.07) is 8.77. The van der Waals surface area contributed by atoms with Gasteiger partial charge in [0.25, 0.3) is 0 Å². The second-order valence-corrected chi connectivity index (χ2v) is 15.1. The summed E-state index contributed by atoms with van der Waals surface area (Å²) in [7, 11) is 0. The molecule has 2 aliphatic rings. The van der Waals surface area contributed by atoms with E-state index in [1.54, 1.807) is 0 Å². The summed E-state index contributed by atoms with van der Waals surface area (Å²) in [6.07, 6.45) is 4.80. The Morgan fingerprint density at radius 2 is 1.22 bits per heavy atom. The Morgan fingerprint density at radius 3 is 1.59 bits per heavy atom. The Bertz CT molecular complexity index is 888. The maximum atomic E-state index is 11.6. The van der Waals surface area contributed by atoms with Crippen LogP contribution in [-0.2, 0) is 22.4 Å². The van der Waals surface area contributed by atoms with Gasteiger partial charge in [-0.2, -0.15) is 0 Å². The fourth-order valence-electron chi connectivity index (χ4n) is 3.20. The molecule has 1 aromatic carbocycles. The minimum Gasteiger partial charge on any atom is -0.282 e. The third-order valence-corrected chi connectivity index (χ3v) is 12.8. The van der Waals surface area contributed by atoms with Gasteiger partial charge >= 0.3 is 0 Å². The zero-order valence-corrected chi connectivity index (χ0v) is 23.0. The zero-order chi connectivity index (χ0) is 23.1. The molecular formula is C24H26O2S6. The van der Waals surface area contributed by atoms with Crippen molar-refractivity contribution in [1.29, 1.82) is 0 Å². The molecule has 2 aliphatic heterocycles. The summed E-state index contributed by atoms with van der Waals surface area (Å²) in [5.41, 5.74) is 2.81. The smallest absolute Gasteiger partial charge is 0.211 e. The second kappa shape index (κ2) is 12.9. The first-order valence-corrected chi connectivity index (χ1v) is 15.6. The van der Waals surface area contributed by atoms with Crippen LogP contribution in [0.1, 0.15) is 25.0 Å². The van der Waals surface area contributed by atoms with Gasteiger partial charge in [0.15, 0.2) is 0 Å². The van der Waals surface area contributed by atoms with E-state index in [4.69, 9.17) is 0 Å². The minimum atomic E-state index is 0.0341. The van der Waals surface area contributed by atoms with E-state index in [0.29, 0.717) is 9.16 Å². The van der Waals surface area contributed by atoms with Crippen LogP contribution in [0.15, 0.2) is 69.2 Å². The van der Waals surface area contributed by atoms with Crippen molar-refractivity contribution in [3.8, 4) is 0 Å². The van der Waals surface area contributed by atoms with Crippen LogP contribution in [0.4, 0.5) is 0 Å². The van der Waals surface area contributed by atoms with E-state index in [2.05, 4.69) is 51.3 Å². The fourth-order valence-corrected chi connectivity index (χ4v) is 11.2. The van der Waals surface area contributed by atoms with Crippen molar-refractivity contribution < 1.29 is 9.59 Å². The molecule has 0 fully saturated rings. The molecular weight excluding hydrogens is 513 g/mol. The molecule has 2 heterocycles. The van der Waals surface area contributed by atoms with Gasteiger partial charge in [0.2, 0.25) is 10.2 Å². The van der Waals surface area contributed by atoms with E-state index >= 15 is 0 Å². The van der Waals surface area contributed by atoms with Crippen molar-refractivity contribution in [2.45, 2.75) is 35.9 Å². The maximum absolute atomic E-state index is 11.6. The molecule has 2 atom stereocenters. The van der Waals surface area contributed by atoms with Crippen LogP contribution in [-0.4, -0.2) is 30.9 Å². The molecule has 0 N–H and O–H groups in total. The SMILES string of the molecule is C=CC(=O)SCC1=C(C)SC(Cc2ccccc2CC2SC(C)=C(CSC(=O)C=C)S2)S1. The first kappa shape index (κ1) is 26.2. The number of benzene rings is 1. The Kier molecular flexibility index (Phi) is 10.6. The maximum Gasteiger partial charge on any atom is 0.211 e. The van der Waals surface area contributed by atoms with E-state index in [9.17, 15) is 9.59 Å². The predicted octanol–water partition coefficient (Wildman–Crippen LogP) is 7.74. The number of rotatable bonds is 10. The molecule has 2 unspecified atom stereocenters. The average Bonchev–Trinajstić information content (AvgIpc) is 3.32. The molecule has 0 spiro atoms. The van der Waals surface area contributed by atoms with Crippen molar-refractivity contribution in [1.82, 2.24) is 0 Å². The summed E-state index contributed by atoms with van der Waals surface area (Å²) < 4.78 is 0.900. The predicted molar refractivity (Wildman–Crippen MR) is 153 cm³/mol. The van der Waals surface area contributed by atoms with Crippen LogP contribution in [0.3, 0.4) is 0 Å². The van der Waals surface area contributed by atoms with Gasteiger partial charge in [-0.1, -0.05) is 60.9 Å². The van der Waals surface area contributed by atoms with Gasteiger partial charge in [0.1, 0.15) is 0 Å². The largest absolute Gasteiger partial charge is 0.282 e. The molecule has 32 heavy (non-hydrogen) atoms. The molecule has 0 bridgehead atoms. The highest BCUT2D eigenvalue weighted by Crippen LogP contribution is 2.50. The monoisotopic (exact) mass is 538 g/mol. The third kappa shape index (κ3) is 7.57. The van der Waals surface area contributed by atoms with Crippen molar-refractivity contribution in [2.75, 3.05) is 11.5 Å². The number of allylic oxidation sites excluding steroid dienone is 2. The van der Waals surface area contributed by atoms with Gasteiger partial charge in [-0.3, -0.25) is 9.59 Å². The van der Waals surface area contributed by atoms with E-state index in [-0.39, 0.29) is 10.2 Å². The molecule has 0 amide bonds. The lowest BCUT2D eigenvalue weighted by molar-refractivity contribution is -0.107. The van der Waals surface area contributed by atoms with Crippen molar-refractivity contribution in [3.05, 3.63) is 80.3 Å². The topological polar surface area (TPSA) is 34.1 Å². The number of carbonyl (C=O) groups is 2. The number of hydrogen-bond acceptors (Lipinski definition) is 8. The molecule has 0 aliphatic carbocycles. The molecule has 3 rings (SSSR count). The van der Waals surface area contributed by atoms with Crippen LogP contribution in [0.25, 0.3) is 0 Å². The molecule has 0 saturated heterocycles. The lowest BCUT2D eigenvalue weighted by Crippen LogP contribution is -2.06. The molecule has 0 radical (unpaired) electrons. The van der Waals surface area contributed by atoms with Crippen LogP contribution in [0.2, 0.25) is 0 Å². The van der Waals surface area contributed by atoms with Crippen molar-refractivity contribution in [2.24, 2.45) is 0 Å². The van der Waals surface area contributed by atoms with Crippen LogP contribution < -0.4 is 0 Å². The Morgan fingerprint density at radius 1 is 0.812 bits per heavy atom. The summed E-state index contributed by atoms with van der Waals surface area (Å²) in [4.78, 5) is 28.4. The van der Waals surface area contributed by atoms with E-state index in [0.717, 1.165) is 24.3 Å². The van der Waals surface area contributed by atoms with Gasteiger partial charge in [0, 0.05) is 21.3 Å². The lowest BCUT2D eigenvalue weighted by atomic mass is 10.0. The standard InChI is InChI=1S/C24H26O2S6/c1-5-21(25)27-13-19-15(3)29-23(31-19)11-17-9-7-8-10-18(17)12-24-30-16(4)20(32-24)14-28-22(26)6-2/h5-10,23-24H,1-2,11-14H2,3-4H3. The second-order valence-electron chi connectivity index (χ2n) is 7.09. The van der Waals surface area contributed by atoms with Gasteiger partial charge in [0.05, 0.1) is 9.16 Å². The van der Waals surface area contributed by atoms with E-state index in [1.807, 2.05) is 47.0 Å². The third-order valence-electron chi connectivity index (χ3n) is 4.87. The first-order chi connectivity index (χ1) is 15.4. The Hall–Kier alpha value is -0.380. The van der Waals surface area contributed by atoms with E-state index in [1.165, 1.54) is 66.4 Å². The van der Waals surface area contributed by atoms with Crippen LogP contribution in [0, 0.1) is 0 Å². The number of hydrogen-bond donors (Lipinski definition) is 0. The highest BCUT2D eigenvalue weighted by atomic mass is 32.2. The normalized spacial score (nSPS) is 20.7. The molecule has 0 saturated carbocycles. The van der Waals surface area contributed by atoms with Crippen molar-refractivity contribution in [3.63, 3.8) is 0 Å². The van der Waals surface area contributed by atoms with Gasteiger partial charge in [-0.05, 0) is 59.8 Å². The average molecular weight is 539 g/mol. The van der Waals surface area contributed by atoms with Crippen LogP contribution >= 0.6 is 70.6 Å². The first-order valence-electron chi connectivity index (χ1n) is 10.1. The molecule has 1 aromatic rings. The molecule has 2 nitrogen and oxygen atoms in total. The van der Waals surface area contributed by atoms with Gasteiger partial charge in [-0.25, -0.2) is 0 Å². The van der Waals surface area contributed by atoms with Gasteiger partial charge in [-0.15, -0.1) is 47.0 Å². The summed E-state index contributed by atoms with van der Waals surface area (Å²) >= 11 is 10.3. The zero-order valence-electron chi connectivity index (χ0n) is 18.1. The quantitative estimate of drug-likeness (QED) is 0.280. The highest BCUT2D eigenvalue weighted by molar-refractivity contribution is 8.25. The summed E-state index contributed by atoms with van der Waals surface area (Å²) in [6.45, 7) is 11.4. The summed E-state index contributed by atoms with van der Waals surface area (Å²) in [5, 5.41) is 0.0681.